The summed E-state index contributed by atoms with van der Waals surface area (Å²) < 4.78 is 0. The Labute approximate surface area is 201 Å². The number of piperazine rings is 1. The molecule has 1 fully saturated rings. The predicted molar refractivity (Wildman–Crippen MR) is 140 cm³/mol. The first-order valence-corrected chi connectivity index (χ1v) is 12.1. The Morgan fingerprint density at radius 2 is 1.79 bits per heavy atom. The fraction of sp³-hybridized carbons (Fsp3) is 0.444. The number of aromatic nitrogens is 2. The topological polar surface area (TPSA) is 102 Å². The quantitative estimate of drug-likeness (QED) is 0.477. The van der Waals surface area contributed by atoms with Gasteiger partial charge in [0, 0.05) is 44.2 Å². The first kappa shape index (κ1) is 24.0. The van der Waals surface area contributed by atoms with Crippen molar-refractivity contribution in [3.63, 3.8) is 0 Å². The lowest BCUT2D eigenvalue weighted by atomic mass is 9.87. The van der Waals surface area contributed by atoms with Gasteiger partial charge in [0.05, 0.1) is 16.9 Å². The molecule has 0 spiro atoms. The molecule has 4 rings (SSSR count). The van der Waals surface area contributed by atoms with Crippen molar-refractivity contribution in [2.45, 2.75) is 52.0 Å². The maximum atomic E-state index is 12.7. The van der Waals surface area contributed by atoms with Crippen molar-refractivity contribution < 1.29 is 4.79 Å². The van der Waals surface area contributed by atoms with E-state index >= 15 is 0 Å². The number of amides is 1. The molecule has 180 valence electrons. The molecule has 2 heterocycles. The second-order valence-corrected chi connectivity index (χ2v) is 10.2. The number of nitrogens with zero attached hydrogens (tertiary/aromatic N) is 3. The van der Waals surface area contributed by atoms with E-state index in [0.29, 0.717) is 32.6 Å². The van der Waals surface area contributed by atoms with E-state index in [9.17, 15) is 4.79 Å². The smallest absolute Gasteiger partial charge is 0.267 e. The van der Waals surface area contributed by atoms with E-state index in [4.69, 9.17) is 16.1 Å². The summed E-state index contributed by atoms with van der Waals surface area (Å²) in [6.45, 7) is 11.2. The molecule has 1 aliphatic rings. The molecule has 0 bridgehead atoms. The molecule has 1 saturated heterocycles. The van der Waals surface area contributed by atoms with Gasteiger partial charge < -0.3 is 20.5 Å². The molecular weight excluding hydrogens is 424 g/mol. The van der Waals surface area contributed by atoms with Crippen LogP contribution in [-0.4, -0.2) is 58.7 Å². The number of H-pyrrole nitrogens is 1. The normalized spacial score (nSPS) is 15.6. The Morgan fingerprint density at radius 1 is 1.12 bits per heavy atom. The summed E-state index contributed by atoms with van der Waals surface area (Å²) in [7, 11) is 0. The number of benzene rings is 2. The maximum absolute atomic E-state index is 12.7. The number of nitrogens with one attached hydrogen (secondary N) is 2. The molecule has 1 amide bonds. The van der Waals surface area contributed by atoms with Gasteiger partial charge in [-0.05, 0) is 29.5 Å². The lowest BCUT2D eigenvalue weighted by Crippen LogP contribution is -2.51. The SMILES string of the molecule is CCC(N)CC(=N)C(=O)N1CCN(c2cccc3[nH]c(-c4ccc(C(C)(C)C)cc4)nc23)CC1. The van der Waals surface area contributed by atoms with Crippen LogP contribution >= 0.6 is 0 Å². The van der Waals surface area contributed by atoms with Gasteiger partial charge in [-0.1, -0.05) is 58.0 Å². The number of fused-ring (bicyclic) bond motifs is 1. The highest BCUT2D eigenvalue weighted by Gasteiger charge is 2.26. The van der Waals surface area contributed by atoms with Crippen molar-refractivity contribution in [2.75, 3.05) is 31.1 Å². The molecule has 34 heavy (non-hydrogen) atoms. The van der Waals surface area contributed by atoms with Crippen molar-refractivity contribution in [1.82, 2.24) is 14.9 Å². The Balaban J connectivity index is 1.49. The van der Waals surface area contributed by atoms with Gasteiger partial charge in [-0.15, -0.1) is 0 Å². The van der Waals surface area contributed by atoms with Gasteiger partial charge in [-0.2, -0.15) is 0 Å². The molecule has 1 atom stereocenters. The summed E-state index contributed by atoms with van der Waals surface area (Å²) in [6.07, 6.45) is 1.10. The van der Waals surface area contributed by atoms with Crippen molar-refractivity contribution in [1.29, 1.82) is 5.41 Å². The van der Waals surface area contributed by atoms with E-state index in [1.54, 1.807) is 4.90 Å². The summed E-state index contributed by atoms with van der Waals surface area (Å²) >= 11 is 0. The highest BCUT2D eigenvalue weighted by Crippen LogP contribution is 2.30. The first-order valence-electron chi connectivity index (χ1n) is 12.1. The van der Waals surface area contributed by atoms with E-state index in [0.717, 1.165) is 34.5 Å². The molecule has 4 N–H and O–H groups in total. The van der Waals surface area contributed by atoms with Crippen LogP contribution in [0.1, 0.15) is 46.1 Å². The molecule has 1 aliphatic heterocycles. The largest absolute Gasteiger partial charge is 0.366 e. The van der Waals surface area contributed by atoms with Gasteiger partial charge in [0.1, 0.15) is 11.3 Å². The summed E-state index contributed by atoms with van der Waals surface area (Å²) in [5, 5.41) is 8.12. The summed E-state index contributed by atoms with van der Waals surface area (Å²) in [4.78, 5) is 25.1. The molecule has 2 aromatic carbocycles. The van der Waals surface area contributed by atoms with Gasteiger partial charge in [-0.3, -0.25) is 10.2 Å². The van der Waals surface area contributed by atoms with Crippen molar-refractivity contribution in [3.8, 4) is 11.4 Å². The maximum Gasteiger partial charge on any atom is 0.267 e. The lowest BCUT2D eigenvalue weighted by Gasteiger charge is -2.36. The number of imidazole rings is 1. The van der Waals surface area contributed by atoms with Gasteiger partial charge in [0.2, 0.25) is 0 Å². The van der Waals surface area contributed by atoms with Crippen LogP contribution in [0.2, 0.25) is 0 Å². The molecule has 7 nitrogen and oxygen atoms in total. The Hall–Kier alpha value is -3.19. The zero-order valence-electron chi connectivity index (χ0n) is 20.7. The molecule has 1 unspecified atom stereocenters. The predicted octanol–water partition coefficient (Wildman–Crippen LogP) is 4.32. The number of hydrogen-bond acceptors (Lipinski definition) is 5. The summed E-state index contributed by atoms with van der Waals surface area (Å²) in [6, 6.07) is 14.7. The molecule has 1 aromatic heterocycles. The second-order valence-electron chi connectivity index (χ2n) is 10.2. The number of aromatic amines is 1. The fourth-order valence-electron chi connectivity index (χ4n) is 4.37. The van der Waals surface area contributed by atoms with Crippen LogP contribution in [0.25, 0.3) is 22.4 Å². The first-order chi connectivity index (χ1) is 16.2. The fourth-order valence-corrected chi connectivity index (χ4v) is 4.37. The van der Waals surface area contributed by atoms with Gasteiger partial charge in [-0.25, -0.2) is 4.98 Å². The highest BCUT2D eigenvalue weighted by atomic mass is 16.2. The number of carbonyl (C=O) groups excluding carboxylic acids is 1. The van der Waals surface area contributed by atoms with Crippen LogP contribution in [0.4, 0.5) is 5.69 Å². The zero-order chi connectivity index (χ0) is 24.5. The zero-order valence-corrected chi connectivity index (χ0v) is 20.7. The highest BCUT2D eigenvalue weighted by molar-refractivity contribution is 6.37. The number of rotatable bonds is 6. The van der Waals surface area contributed by atoms with E-state index in [1.807, 2.05) is 13.0 Å². The standard InChI is InChI=1S/C27H36N6O/c1-5-20(28)17-21(29)26(34)33-15-13-32(14-16-33)23-8-6-7-22-24(23)31-25(30-22)18-9-11-19(12-10-18)27(2,3)4/h6-12,20,29H,5,13-17,28H2,1-4H3,(H,30,31). The van der Waals surface area contributed by atoms with Gasteiger partial charge in [0.15, 0.2) is 0 Å². The summed E-state index contributed by atoms with van der Waals surface area (Å²) in [5.41, 5.74) is 11.5. The second kappa shape index (κ2) is 9.58. The molecule has 7 heteroatoms. The van der Waals surface area contributed by atoms with Crippen LogP contribution in [0.5, 0.6) is 0 Å². The van der Waals surface area contributed by atoms with Crippen molar-refractivity contribution in [2.24, 2.45) is 5.73 Å². The third-order valence-electron chi connectivity index (χ3n) is 6.67. The lowest BCUT2D eigenvalue weighted by molar-refractivity contribution is -0.124. The molecule has 3 aromatic rings. The molecular formula is C27H36N6O. The van der Waals surface area contributed by atoms with Crippen LogP contribution in [0, 0.1) is 5.41 Å². The van der Waals surface area contributed by atoms with E-state index in [1.165, 1.54) is 5.56 Å². The monoisotopic (exact) mass is 460 g/mol. The Kier molecular flexibility index (Phi) is 6.75. The van der Waals surface area contributed by atoms with Crippen molar-refractivity contribution >= 4 is 28.3 Å². The Morgan fingerprint density at radius 3 is 2.41 bits per heavy atom. The molecule has 0 saturated carbocycles. The minimum Gasteiger partial charge on any atom is -0.366 e. The molecule has 0 aliphatic carbocycles. The minimum absolute atomic E-state index is 0.110. The third-order valence-corrected chi connectivity index (χ3v) is 6.67. The number of hydrogen-bond donors (Lipinski definition) is 3. The van der Waals surface area contributed by atoms with E-state index < -0.39 is 0 Å². The summed E-state index contributed by atoms with van der Waals surface area (Å²) in [5.74, 6) is 0.667. The Bertz CT molecular complexity index is 1170. The van der Waals surface area contributed by atoms with Crippen molar-refractivity contribution in [3.05, 3.63) is 48.0 Å². The number of nitrogens with two attached hydrogens (primary N) is 1. The van der Waals surface area contributed by atoms with Crippen LogP contribution < -0.4 is 10.6 Å². The van der Waals surface area contributed by atoms with Crippen LogP contribution in [-0.2, 0) is 10.2 Å². The number of para-hydroxylation sites is 1. The third kappa shape index (κ3) is 4.99. The minimum atomic E-state index is -0.192. The van der Waals surface area contributed by atoms with Gasteiger partial charge in [0.25, 0.3) is 5.91 Å². The molecule has 0 radical (unpaired) electrons. The van der Waals surface area contributed by atoms with Crippen LogP contribution in [0.3, 0.4) is 0 Å². The number of carbonyl (C=O) groups is 1. The van der Waals surface area contributed by atoms with Crippen LogP contribution in [0.15, 0.2) is 42.5 Å². The average Bonchev–Trinajstić information content (AvgIpc) is 3.27. The average molecular weight is 461 g/mol. The number of anilines is 1. The van der Waals surface area contributed by atoms with E-state index in [-0.39, 0.29) is 23.1 Å². The van der Waals surface area contributed by atoms with Gasteiger partial charge >= 0.3 is 0 Å². The van der Waals surface area contributed by atoms with E-state index in [2.05, 4.69) is 67.1 Å².